The molecule has 5 aliphatic rings. The minimum atomic E-state index is 0.0263. The fourth-order valence-corrected chi connectivity index (χ4v) is 11.7. The second-order valence-electron chi connectivity index (χ2n) is 16.9. The molecule has 1 spiro atoms. The second kappa shape index (κ2) is 12.8. The van der Waals surface area contributed by atoms with Gasteiger partial charge in [-0.3, -0.25) is 0 Å². The first-order valence-corrected chi connectivity index (χ1v) is 20.7. The van der Waals surface area contributed by atoms with Crippen LogP contribution in [0.5, 0.6) is 0 Å². The maximum Gasteiger partial charge on any atom is 0.164 e. The lowest BCUT2D eigenvalue weighted by atomic mass is 9.41. The smallest absolute Gasteiger partial charge is 0.164 e. The van der Waals surface area contributed by atoms with E-state index in [-0.39, 0.29) is 5.41 Å². The highest BCUT2D eigenvalue weighted by molar-refractivity contribution is 5.89. The van der Waals surface area contributed by atoms with Crippen LogP contribution < -0.4 is 4.90 Å². The van der Waals surface area contributed by atoms with Crippen molar-refractivity contribution < 1.29 is 0 Å². The molecule has 4 aliphatic carbocycles. The van der Waals surface area contributed by atoms with Gasteiger partial charge in [-0.25, -0.2) is 15.0 Å². The zero-order chi connectivity index (χ0) is 37.5. The van der Waals surface area contributed by atoms with Crippen molar-refractivity contribution in [3.63, 3.8) is 0 Å². The summed E-state index contributed by atoms with van der Waals surface area (Å²) in [7, 11) is 0. The van der Waals surface area contributed by atoms with Gasteiger partial charge in [-0.05, 0) is 125 Å². The topological polar surface area (TPSA) is 41.9 Å². The summed E-state index contributed by atoms with van der Waals surface area (Å²) in [6.45, 7) is 0. The maximum atomic E-state index is 5.10. The summed E-state index contributed by atoms with van der Waals surface area (Å²) in [6, 6.07) is 61.7. The van der Waals surface area contributed by atoms with E-state index in [1.807, 2.05) is 18.2 Å². The van der Waals surface area contributed by atoms with Crippen molar-refractivity contribution in [3.05, 3.63) is 181 Å². The SMILES string of the molecule is c1ccc(-c2nc(-c3ccc(-c4ccc5c(c4)C4(c6ccccc6N5c5ccccc5)C5CC6CC(C5)CC4C6)cc3)nc(-c3ccc4ccccc4c3)n2)cc1. The van der Waals surface area contributed by atoms with Gasteiger partial charge in [-0.2, -0.15) is 0 Å². The number of benzene rings is 7. The van der Waals surface area contributed by atoms with Crippen molar-refractivity contribution in [2.75, 3.05) is 4.90 Å². The van der Waals surface area contributed by atoms with Gasteiger partial charge in [0, 0.05) is 27.8 Å². The zero-order valence-corrected chi connectivity index (χ0v) is 31.8. The lowest BCUT2D eigenvalue weighted by molar-refractivity contribution is -0.0419. The molecule has 1 aromatic heterocycles. The summed E-state index contributed by atoms with van der Waals surface area (Å²) < 4.78 is 0. The van der Waals surface area contributed by atoms with E-state index in [0.29, 0.717) is 29.3 Å². The summed E-state index contributed by atoms with van der Waals surface area (Å²) in [5, 5.41) is 2.36. The molecule has 0 atom stereocenters. The molecule has 274 valence electrons. The third-order valence-corrected chi connectivity index (χ3v) is 13.9. The predicted molar refractivity (Wildman–Crippen MR) is 232 cm³/mol. The van der Waals surface area contributed by atoms with Gasteiger partial charge in [-0.1, -0.05) is 133 Å². The van der Waals surface area contributed by atoms with Crippen LogP contribution in [-0.4, -0.2) is 15.0 Å². The first kappa shape index (κ1) is 32.8. The number of nitrogens with zero attached hydrogens (tertiary/aromatic N) is 4. The van der Waals surface area contributed by atoms with Gasteiger partial charge < -0.3 is 4.90 Å². The van der Waals surface area contributed by atoms with Crippen molar-refractivity contribution in [3.8, 4) is 45.3 Å². The highest BCUT2D eigenvalue weighted by Gasteiger charge is 2.61. The first-order valence-electron chi connectivity index (χ1n) is 20.7. The van der Waals surface area contributed by atoms with E-state index in [4.69, 9.17) is 15.0 Å². The molecular weight excluding hydrogens is 693 g/mol. The maximum absolute atomic E-state index is 5.10. The average Bonchev–Trinajstić information content (AvgIpc) is 3.27. The zero-order valence-electron chi connectivity index (χ0n) is 31.8. The Hall–Kier alpha value is -6.39. The van der Waals surface area contributed by atoms with E-state index in [9.17, 15) is 0 Å². The number of fused-ring (bicyclic) bond motifs is 3. The van der Waals surface area contributed by atoms with Gasteiger partial charge in [0.2, 0.25) is 0 Å². The summed E-state index contributed by atoms with van der Waals surface area (Å²) in [5.41, 5.74) is 12.4. The molecule has 0 radical (unpaired) electrons. The molecule has 0 unspecified atom stereocenters. The predicted octanol–water partition coefficient (Wildman–Crippen LogP) is 13.2. The van der Waals surface area contributed by atoms with Crippen LogP contribution in [0.15, 0.2) is 170 Å². The standard InChI is InChI=1S/C53H42N4/c1-3-12-38(13-4-1)50-54-51(56-52(55-50)42-24-21-36-11-7-8-14-40(36)32-42)39-22-19-37(20-23-39)41-25-26-49-47(33-41)53(43-28-34-27-35(30-43)31-44(53)29-34)46-17-9-10-18-48(46)57(49)45-15-5-2-6-16-45/h1-26,32-35,43-44H,27-31H2. The Labute approximate surface area is 334 Å². The van der Waals surface area contributed by atoms with Crippen LogP contribution >= 0.6 is 0 Å². The van der Waals surface area contributed by atoms with Gasteiger partial charge in [0.25, 0.3) is 0 Å². The van der Waals surface area contributed by atoms with E-state index in [1.54, 1.807) is 0 Å². The van der Waals surface area contributed by atoms with Crippen molar-refractivity contribution in [1.29, 1.82) is 0 Å². The van der Waals surface area contributed by atoms with Crippen LogP contribution in [0.25, 0.3) is 56.1 Å². The minimum Gasteiger partial charge on any atom is -0.310 e. The van der Waals surface area contributed by atoms with Gasteiger partial charge in [-0.15, -0.1) is 0 Å². The molecule has 8 aromatic rings. The molecule has 4 nitrogen and oxygen atoms in total. The molecule has 0 N–H and O–H groups in total. The molecule has 4 bridgehead atoms. The summed E-state index contributed by atoms with van der Waals surface area (Å²) >= 11 is 0. The molecular formula is C53H42N4. The van der Waals surface area contributed by atoms with Gasteiger partial charge in [0.1, 0.15) is 0 Å². The molecule has 4 heteroatoms. The van der Waals surface area contributed by atoms with E-state index in [0.717, 1.165) is 28.5 Å². The molecule has 1 aliphatic heterocycles. The average molecular weight is 735 g/mol. The number of aromatic nitrogens is 3. The normalized spacial score (nSPS) is 22.8. The molecule has 4 saturated carbocycles. The fourth-order valence-electron chi connectivity index (χ4n) is 11.7. The van der Waals surface area contributed by atoms with Gasteiger partial charge in [0.05, 0.1) is 11.4 Å². The molecule has 2 heterocycles. The first-order chi connectivity index (χ1) is 28.2. The molecule has 13 rings (SSSR count). The third kappa shape index (κ3) is 5.16. The highest BCUT2D eigenvalue weighted by Crippen LogP contribution is 2.69. The number of anilines is 3. The monoisotopic (exact) mass is 734 g/mol. The molecule has 57 heavy (non-hydrogen) atoms. The Morgan fingerprint density at radius 2 is 0.912 bits per heavy atom. The van der Waals surface area contributed by atoms with Crippen LogP contribution in [0.1, 0.15) is 43.2 Å². The van der Waals surface area contributed by atoms with Crippen LogP contribution in [0, 0.1) is 23.7 Å². The summed E-state index contributed by atoms with van der Waals surface area (Å²) in [4.78, 5) is 17.7. The van der Waals surface area contributed by atoms with Crippen molar-refractivity contribution in [2.45, 2.75) is 37.5 Å². The lowest BCUT2D eigenvalue weighted by Crippen LogP contribution is -2.57. The minimum absolute atomic E-state index is 0.0263. The van der Waals surface area contributed by atoms with Crippen LogP contribution in [0.3, 0.4) is 0 Å². The van der Waals surface area contributed by atoms with Crippen LogP contribution in [0.2, 0.25) is 0 Å². The van der Waals surface area contributed by atoms with E-state index >= 15 is 0 Å². The van der Waals surface area contributed by atoms with Gasteiger partial charge >= 0.3 is 0 Å². The number of hydrogen-bond acceptors (Lipinski definition) is 4. The molecule has 4 fully saturated rings. The molecule has 7 aromatic carbocycles. The largest absolute Gasteiger partial charge is 0.310 e. The van der Waals surface area contributed by atoms with Gasteiger partial charge in [0.15, 0.2) is 17.5 Å². The van der Waals surface area contributed by atoms with Crippen molar-refractivity contribution >= 4 is 27.8 Å². The van der Waals surface area contributed by atoms with E-state index in [2.05, 4.69) is 157 Å². The van der Waals surface area contributed by atoms with Crippen molar-refractivity contribution in [2.24, 2.45) is 23.7 Å². The Kier molecular flexibility index (Phi) is 7.38. The van der Waals surface area contributed by atoms with Crippen LogP contribution in [-0.2, 0) is 5.41 Å². The Bertz CT molecular complexity index is 2780. The van der Waals surface area contributed by atoms with E-state index < -0.39 is 0 Å². The van der Waals surface area contributed by atoms with Crippen molar-refractivity contribution in [1.82, 2.24) is 15.0 Å². The summed E-state index contributed by atoms with van der Waals surface area (Å²) in [6.07, 6.45) is 6.84. The Balaban J connectivity index is 0.979. The fraction of sp³-hybridized carbons (Fsp3) is 0.189. The molecule has 0 saturated heterocycles. The Morgan fingerprint density at radius 3 is 1.63 bits per heavy atom. The summed E-state index contributed by atoms with van der Waals surface area (Å²) in [5.74, 6) is 5.13. The quantitative estimate of drug-likeness (QED) is 0.177. The Morgan fingerprint density at radius 1 is 0.386 bits per heavy atom. The second-order valence-corrected chi connectivity index (χ2v) is 16.9. The number of hydrogen-bond donors (Lipinski definition) is 0. The van der Waals surface area contributed by atoms with E-state index in [1.165, 1.54) is 82.2 Å². The molecule has 0 amide bonds. The number of rotatable bonds is 5. The third-order valence-electron chi connectivity index (χ3n) is 13.9. The highest BCUT2D eigenvalue weighted by atomic mass is 15.2. The number of para-hydroxylation sites is 2. The lowest BCUT2D eigenvalue weighted by Gasteiger charge is -2.64. The van der Waals surface area contributed by atoms with Crippen LogP contribution in [0.4, 0.5) is 17.1 Å².